The first kappa shape index (κ1) is 14.9. The number of thioether (sulfide) groups is 1. The fourth-order valence-electron chi connectivity index (χ4n) is 1.18. The molecule has 0 unspecified atom stereocenters. The molecule has 0 aromatic heterocycles. The lowest BCUT2D eigenvalue weighted by atomic mass is 10.1. The molecule has 0 heterocycles. The summed E-state index contributed by atoms with van der Waals surface area (Å²) in [5, 5.41) is 0.113. The molecule has 1 aromatic rings. The van der Waals surface area contributed by atoms with Crippen LogP contribution in [-0.2, 0) is 11.2 Å². The van der Waals surface area contributed by atoms with Crippen LogP contribution in [0.4, 0.5) is 13.2 Å². The van der Waals surface area contributed by atoms with Crippen LogP contribution in [0.5, 0.6) is 0 Å². The Labute approximate surface area is 114 Å². The zero-order valence-electron chi connectivity index (χ0n) is 8.35. The van der Waals surface area contributed by atoms with E-state index in [4.69, 9.17) is 11.6 Å². The van der Waals surface area contributed by atoms with Crippen molar-refractivity contribution in [1.29, 1.82) is 0 Å². The minimum absolute atomic E-state index is 0.00666. The van der Waals surface area contributed by atoms with Gasteiger partial charge in [0.2, 0.25) is 0 Å². The Bertz CT molecular complexity index is 423. The van der Waals surface area contributed by atoms with Crippen LogP contribution in [0.1, 0.15) is 5.56 Å². The van der Waals surface area contributed by atoms with E-state index in [1.54, 1.807) is 0 Å². The molecule has 94 valence electrons. The van der Waals surface area contributed by atoms with Gasteiger partial charge in [-0.25, -0.2) is 0 Å². The summed E-state index contributed by atoms with van der Waals surface area (Å²) in [6, 6.07) is 4.37. The molecule has 1 nitrogen and oxygen atoms in total. The predicted molar refractivity (Wildman–Crippen MR) is 65.9 cm³/mol. The van der Waals surface area contributed by atoms with Crippen LogP contribution in [0.2, 0.25) is 5.02 Å². The van der Waals surface area contributed by atoms with Crippen LogP contribution in [0.25, 0.3) is 0 Å². The van der Waals surface area contributed by atoms with Gasteiger partial charge in [0.1, 0.15) is 5.78 Å². The molecule has 0 aliphatic carbocycles. The van der Waals surface area contributed by atoms with Gasteiger partial charge in [0.25, 0.3) is 0 Å². The first-order chi connectivity index (χ1) is 7.83. The van der Waals surface area contributed by atoms with E-state index in [1.165, 1.54) is 18.2 Å². The van der Waals surface area contributed by atoms with E-state index in [9.17, 15) is 18.0 Å². The molecule has 1 rings (SSSR count). The number of halogens is 5. The maximum Gasteiger partial charge on any atom is 0.446 e. The van der Waals surface area contributed by atoms with Crippen molar-refractivity contribution >= 4 is 45.1 Å². The van der Waals surface area contributed by atoms with Crippen LogP contribution in [0, 0.1) is 0 Å². The summed E-state index contributed by atoms with van der Waals surface area (Å²) in [7, 11) is 0. The Morgan fingerprint density at radius 2 is 2.06 bits per heavy atom. The standard InChI is InChI=1S/C10H7BrClF3OS/c11-5-7(16)4-6-2-1-3-8(12)9(6)17-10(13,14)15/h1-3H,4-5H2. The van der Waals surface area contributed by atoms with Crippen molar-refractivity contribution in [3.63, 3.8) is 0 Å². The second kappa shape index (κ2) is 6.11. The Morgan fingerprint density at radius 3 is 2.59 bits per heavy atom. The summed E-state index contributed by atoms with van der Waals surface area (Å²) >= 11 is 8.39. The van der Waals surface area contributed by atoms with E-state index in [1.807, 2.05) is 0 Å². The minimum Gasteiger partial charge on any atom is -0.298 e. The van der Waals surface area contributed by atoms with Gasteiger partial charge in [-0.3, -0.25) is 4.79 Å². The summed E-state index contributed by atoms with van der Waals surface area (Å²) in [6.45, 7) is 0. The van der Waals surface area contributed by atoms with Crippen LogP contribution in [-0.4, -0.2) is 16.6 Å². The Balaban J connectivity index is 3.04. The molecule has 1 aromatic carbocycles. The molecule has 0 aliphatic heterocycles. The molecule has 0 fully saturated rings. The number of carbonyl (C=O) groups is 1. The quantitative estimate of drug-likeness (QED) is 0.591. The van der Waals surface area contributed by atoms with Crippen molar-refractivity contribution in [3.05, 3.63) is 28.8 Å². The van der Waals surface area contributed by atoms with Crippen molar-refractivity contribution in [2.75, 3.05) is 5.33 Å². The SMILES string of the molecule is O=C(CBr)Cc1cccc(Cl)c1SC(F)(F)F. The van der Waals surface area contributed by atoms with Gasteiger partial charge in [-0.05, 0) is 23.4 Å². The van der Waals surface area contributed by atoms with Crippen molar-refractivity contribution in [2.24, 2.45) is 0 Å². The number of ketones is 1. The highest BCUT2D eigenvalue weighted by atomic mass is 79.9. The summed E-state index contributed by atoms with van der Waals surface area (Å²) in [5.41, 5.74) is -4.12. The third-order valence-corrected chi connectivity index (χ3v) is 3.77. The van der Waals surface area contributed by atoms with E-state index in [0.717, 1.165) is 0 Å². The maximum absolute atomic E-state index is 12.3. The first-order valence-electron chi connectivity index (χ1n) is 4.44. The molecular weight excluding hydrogens is 341 g/mol. The molecule has 0 radical (unpaired) electrons. The zero-order chi connectivity index (χ0) is 13.1. The summed E-state index contributed by atoms with van der Waals surface area (Å²) < 4.78 is 37.0. The lowest BCUT2D eigenvalue weighted by molar-refractivity contribution is -0.115. The number of carbonyl (C=O) groups excluding carboxylic acids is 1. The van der Waals surface area contributed by atoms with Gasteiger partial charge >= 0.3 is 5.51 Å². The Morgan fingerprint density at radius 1 is 1.41 bits per heavy atom. The predicted octanol–water partition coefficient (Wildman–Crippen LogP) is 4.46. The van der Waals surface area contributed by atoms with Gasteiger partial charge in [-0.1, -0.05) is 39.7 Å². The molecule has 7 heteroatoms. The van der Waals surface area contributed by atoms with Gasteiger partial charge in [0.15, 0.2) is 0 Å². The van der Waals surface area contributed by atoms with Crippen molar-refractivity contribution in [2.45, 2.75) is 16.8 Å². The van der Waals surface area contributed by atoms with Gasteiger partial charge in [0.05, 0.1) is 10.4 Å². The third-order valence-electron chi connectivity index (χ3n) is 1.80. The minimum atomic E-state index is -4.42. The highest BCUT2D eigenvalue weighted by molar-refractivity contribution is 9.09. The average Bonchev–Trinajstić information content (AvgIpc) is 2.21. The fraction of sp³-hybridized carbons (Fsp3) is 0.300. The average molecular weight is 348 g/mol. The molecule has 17 heavy (non-hydrogen) atoms. The second-order valence-electron chi connectivity index (χ2n) is 3.12. The van der Waals surface area contributed by atoms with Crippen molar-refractivity contribution in [3.8, 4) is 0 Å². The Hall–Kier alpha value is -0.200. The summed E-state index contributed by atoms with van der Waals surface area (Å²) in [5.74, 6) is -0.198. The number of hydrogen-bond acceptors (Lipinski definition) is 2. The van der Waals surface area contributed by atoms with Gasteiger partial charge in [-0.15, -0.1) is 0 Å². The van der Waals surface area contributed by atoms with Crippen molar-refractivity contribution in [1.82, 2.24) is 0 Å². The van der Waals surface area contributed by atoms with Gasteiger partial charge in [0, 0.05) is 11.3 Å². The lowest BCUT2D eigenvalue weighted by Crippen LogP contribution is -2.07. The fourth-order valence-corrected chi connectivity index (χ4v) is 2.36. The molecule has 0 saturated carbocycles. The number of benzene rings is 1. The molecule has 0 aliphatic rings. The van der Waals surface area contributed by atoms with Gasteiger partial charge < -0.3 is 0 Å². The molecule has 0 atom stereocenters. The van der Waals surface area contributed by atoms with E-state index < -0.39 is 5.51 Å². The second-order valence-corrected chi connectivity index (χ2v) is 5.17. The Kier molecular flexibility index (Phi) is 5.34. The molecule has 0 N–H and O–H groups in total. The summed E-state index contributed by atoms with van der Waals surface area (Å²) in [6.07, 6.45) is -0.0653. The highest BCUT2D eigenvalue weighted by Gasteiger charge is 2.31. The number of hydrogen-bond donors (Lipinski definition) is 0. The van der Waals surface area contributed by atoms with Crippen LogP contribution in [0.3, 0.4) is 0 Å². The topological polar surface area (TPSA) is 17.1 Å². The van der Waals surface area contributed by atoms with Crippen LogP contribution in [0.15, 0.2) is 23.1 Å². The first-order valence-corrected chi connectivity index (χ1v) is 6.76. The van der Waals surface area contributed by atoms with E-state index in [0.29, 0.717) is 5.56 Å². The monoisotopic (exact) mass is 346 g/mol. The zero-order valence-corrected chi connectivity index (χ0v) is 11.5. The lowest BCUT2D eigenvalue weighted by Gasteiger charge is -2.11. The maximum atomic E-state index is 12.3. The van der Waals surface area contributed by atoms with Crippen LogP contribution < -0.4 is 0 Å². The highest BCUT2D eigenvalue weighted by Crippen LogP contribution is 2.42. The molecule has 0 amide bonds. The van der Waals surface area contributed by atoms with Crippen LogP contribution >= 0.6 is 39.3 Å². The van der Waals surface area contributed by atoms with Gasteiger partial charge in [-0.2, -0.15) is 13.2 Å². The molecular formula is C10H7BrClF3OS. The van der Waals surface area contributed by atoms with E-state index in [2.05, 4.69) is 15.9 Å². The van der Waals surface area contributed by atoms with Crippen molar-refractivity contribution < 1.29 is 18.0 Å². The number of alkyl halides is 4. The number of Topliss-reactive ketones (excluding diaryl/α,β-unsaturated/α-hetero) is 1. The molecule has 0 spiro atoms. The van der Waals surface area contributed by atoms with E-state index in [-0.39, 0.29) is 39.2 Å². The largest absolute Gasteiger partial charge is 0.446 e. The molecule has 0 saturated heterocycles. The third kappa shape index (κ3) is 4.89. The summed E-state index contributed by atoms with van der Waals surface area (Å²) in [4.78, 5) is 11.1. The number of rotatable bonds is 4. The van der Waals surface area contributed by atoms with E-state index >= 15 is 0 Å². The smallest absolute Gasteiger partial charge is 0.298 e. The normalized spacial score (nSPS) is 11.6. The molecule has 0 bridgehead atoms.